The van der Waals surface area contributed by atoms with Crippen LogP contribution < -0.4 is 0 Å². The molecule has 0 aliphatic carbocycles. The van der Waals surface area contributed by atoms with Crippen LogP contribution >= 0.6 is 11.6 Å². The summed E-state index contributed by atoms with van der Waals surface area (Å²) >= 11 is 5.97. The SMILES string of the molecule is CCOC(=O)CC(B1OC(C)(C)C(C)(C)O1)c1ccc(Cl)cc1. The molecule has 6 heteroatoms. The first-order chi connectivity index (χ1) is 10.7. The fourth-order valence-electron chi connectivity index (χ4n) is 2.53. The largest absolute Gasteiger partial charge is 0.466 e. The fourth-order valence-corrected chi connectivity index (χ4v) is 2.66. The first-order valence-electron chi connectivity index (χ1n) is 7.93. The maximum atomic E-state index is 12.0. The second kappa shape index (κ2) is 6.84. The van der Waals surface area contributed by atoms with E-state index in [1.807, 2.05) is 39.8 Å². The van der Waals surface area contributed by atoms with Gasteiger partial charge < -0.3 is 14.0 Å². The molecule has 1 aromatic carbocycles. The van der Waals surface area contributed by atoms with E-state index in [2.05, 4.69) is 0 Å². The summed E-state index contributed by atoms with van der Waals surface area (Å²) < 4.78 is 17.4. The molecule has 0 radical (unpaired) electrons. The normalized spacial score (nSPS) is 20.3. The molecule has 0 spiro atoms. The smallest absolute Gasteiger partial charge is 0.466 e. The van der Waals surface area contributed by atoms with Crippen LogP contribution in [0.1, 0.15) is 52.4 Å². The summed E-state index contributed by atoms with van der Waals surface area (Å²) in [6.45, 7) is 10.1. The van der Waals surface area contributed by atoms with Gasteiger partial charge in [0, 0.05) is 10.8 Å². The molecule has 4 nitrogen and oxygen atoms in total. The first-order valence-corrected chi connectivity index (χ1v) is 8.31. The second-order valence-electron chi connectivity index (χ2n) is 6.79. The number of ether oxygens (including phenoxy) is 1. The van der Waals surface area contributed by atoms with Crippen LogP contribution in [0.25, 0.3) is 0 Å². The molecule has 2 rings (SSSR count). The molecule has 1 saturated heterocycles. The van der Waals surface area contributed by atoms with Gasteiger partial charge in [0.15, 0.2) is 0 Å². The lowest BCUT2D eigenvalue weighted by Crippen LogP contribution is -2.41. The zero-order chi connectivity index (χ0) is 17.3. The lowest BCUT2D eigenvalue weighted by molar-refractivity contribution is -0.143. The van der Waals surface area contributed by atoms with Crippen LogP contribution in [0.15, 0.2) is 24.3 Å². The van der Waals surface area contributed by atoms with E-state index in [1.54, 1.807) is 19.1 Å². The average Bonchev–Trinajstić information content (AvgIpc) is 2.66. The minimum atomic E-state index is -0.509. The molecule has 1 aliphatic rings. The summed E-state index contributed by atoms with van der Waals surface area (Å²) in [6, 6.07) is 7.41. The molecular weight excluding hydrogens is 314 g/mol. The van der Waals surface area contributed by atoms with Crippen LogP contribution in [0.2, 0.25) is 5.02 Å². The van der Waals surface area contributed by atoms with Gasteiger partial charge in [-0.15, -0.1) is 0 Å². The van der Waals surface area contributed by atoms with Crippen molar-refractivity contribution in [2.75, 3.05) is 6.61 Å². The number of carbonyl (C=O) groups excluding carboxylic acids is 1. The van der Waals surface area contributed by atoms with Gasteiger partial charge in [-0.25, -0.2) is 0 Å². The van der Waals surface area contributed by atoms with E-state index in [-0.39, 0.29) is 18.2 Å². The van der Waals surface area contributed by atoms with Crippen molar-refractivity contribution < 1.29 is 18.8 Å². The third-order valence-electron chi connectivity index (χ3n) is 4.59. The maximum absolute atomic E-state index is 12.0. The molecule has 1 aromatic rings. The Balaban J connectivity index is 2.27. The summed E-state index contributed by atoms with van der Waals surface area (Å²) in [5, 5.41) is 0.651. The molecule has 1 atom stereocenters. The number of hydrogen-bond acceptors (Lipinski definition) is 4. The topological polar surface area (TPSA) is 44.8 Å². The van der Waals surface area contributed by atoms with E-state index in [4.69, 9.17) is 25.6 Å². The van der Waals surface area contributed by atoms with Crippen LogP contribution in [-0.2, 0) is 18.8 Å². The Bertz CT molecular complexity index is 540. The molecule has 0 amide bonds. The summed E-state index contributed by atoms with van der Waals surface area (Å²) in [5.74, 6) is -0.505. The summed E-state index contributed by atoms with van der Waals surface area (Å²) in [5.41, 5.74) is 0.0505. The van der Waals surface area contributed by atoms with E-state index in [1.165, 1.54) is 0 Å². The molecule has 0 N–H and O–H groups in total. The Labute approximate surface area is 143 Å². The number of esters is 1. The lowest BCUT2D eigenvalue weighted by Gasteiger charge is -2.32. The van der Waals surface area contributed by atoms with Gasteiger partial charge in [0.2, 0.25) is 0 Å². The standard InChI is InChI=1S/C17H24BClO4/c1-6-21-15(20)11-14(12-7-9-13(19)10-8-12)18-22-16(2,3)17(4,5)23-18/h7-10,14H,6,11H2,1-5H3. The van der Waals surface area contributed by atoms with Gasteiger partial charge in [-0.2, -0.15) is 0 Å². The zero-order valence-corrected chi connectivity index (χ0v) is 15.1. The molecule has 126 valence electrons. The van der Waals surface area contributed by atoms with E-state index < -0.39 is 18.3 Å². The molecule has 1 aliphatic heterocycles. The van der Waals surface area contributed by atoms with Crippen molar-refractivity contribution in [3.63, 3.8) is 0 Å². The second-order valence-corrected chi connectivity index (χ2v) is 7.23. The van der Waals surface area contributed by atoms with Crippen LogP contribution in [0.5, 0.6) is 0 Å². The van der Waals surface area contributed by atoms with E-state index in [0.717, 1.165) is 5.56 Å². The van der Waals surface area contributed by atoms with Crippen molar-refractivity contribution in [2.24, 2.45) is 0 Å². The van der Waals surface area contributed by atoms with Gasteiger partial charge in [0.05, 0.1) is 24.2 Å². The van der Waals surface area contributed by atoms with Gasteiger partial charge in [-0.3, -0.25) is 4.79 Å². The number of rotatable bonds is 5. The first kappa shape index (κ1) is 18.3. The highest BCUT2D eigenvalue weighted by Crippen LogP contribution is 2.41. The minimum absolute atomic E-state index is 0.201. The lowest BCUT2D eigenvalue weighted by atomic mass is 9.66. The Morgan fingerprint density at radius 1 is 1.17 bits per heavy atom. The van der Waals surface area contributed by atoms with Crippen LogP contribution in [0, 0.1) is 0 Å². The Morgan fingerprint density at radius 2 is 1.70 bits per heavy atom. The number of halogens is 1. The van der Waals surface area contributed by atoms with Crippen LogP contribution in [0.3, 0.4) is 0 Å². The van der Waals surface area contributed by atoms with Gasteiger partial charge >= 0.3 is 13.1 Å². The molecule has 1 heterocycles. The van der Waals surface area contributed by atoms with E-state index >= 15 is 0 Å². The van der Waals surface area contributed by atoms with Crippen molar-refractivity contribution in [3.8, 4) is 0 Å². The Kier molecular flexibility index (Phi) is 5.44. The van der Waals surface area contributed by atoms with Gasteiger partial charge in [0.1, 0.15) is 0 Å². The van der Waals surface area contributed by atoms with Crippen molar-refractivity contribution in [2.45, 2.75) is 58.1 Å². The highest BCUT2D eigenvalue weighted by molar-refractivity contribution is 6.48. The van der Waals surface area contributed by atoms with Crippen LogP contribution in [0.4, 0.5) is 0 Å². The highest BCUT2D eigenvalue weighted by atomic mass is 35.5. The summed E-state index contributed by atoms with van der Waals surface area (Å²) in [6.07, 6.45) is 0.201. The van der Waals surface area contributed by atoms with Crippen molar-refractivity contribution in [1.29, 1.82) is 0 Å². The molecule has 0 bridgehead atoms. The monoisotopic (exact) mass is 338 g/mol. The molecule has 1 unspecified atom stereocenters. The van der Waals surface area contributed by atoms with E-state index in [0.29, 0.717) is 11.6 Å². The number of benzene rings is 1. The molecule has 0 aromatic heterocycles. The zero-order valence-electron chi connectivity index (χ0n) is 14.4. The van der Waals surface area contributed by atoms with E-state index in [9.17, 15) is 4.79 Å². The molecule has 23 heavy (non-hydrogen) atoms. The van der Waals surface area contributed by atoms with Crippen molar-refractivity contribution >= 4 is 24.7 Å². The van der Waals surface area contributed by atoms with Gasteiger partial charge in [-0.1, -0.05) is 23.7 Å². The maximum Gasteiger partial charge on any atom is 0.466 e. The quantitative estimate of drug-likeness (QED) is 0.601. The number of hydrogen-bond donors (Lipinski definition) is 0. The number of carbonyl (C=O) groups is 1. The van der Waals surface area contributed by atoms with Crippen LogP contribution in [-0.4, -0.2) is 30.9 Å². The fraction of sp³-hybridized carbons (Fsp3) is 0.588. The molecule has 0 saturated carbocycles. The highest BCUT2D eigenvalue weighted by Gasteiger charge is 2.54. The van der Waals surface area contributed by atoms with Gasteiger partial charge in [-0.05, 0) is 52.3 Å². The summed E-state index contributed by atoms with van der Waals surface area (Å²) in [7, 11) is -0.509. The third-order valence-corrected chi connectivity index (χ3v) is 4.84. The van der Waals surface area contributed by atoms with Crippen molar-refractivity contribution in [1.82, 2.24) is 0 Å². The third kappa shape index (κ3) is 4.08. The predicted octanol–water partition coefficient (Wildman–Crippen LogP) is 4.01. The molecule has 1 fully saturated rings. The summed E-state index contributed by atoms with van der Waals surface area (Å²) in [4.78, 5) is 12.0. The Morgan fingerprint density at radius 3 is 2.17 bits per heavy atom. The molecular formula is C17H24BClO4. The minimum Gasteiger partial charge on any atom is -0.466 e. The Hall–Kier alpha value is -1.04. The average molecular weight is 339 g/mol. The van der Waals surface area contributed by atoms with Crippen molar-refractivity contribution in [3.05, 3.63) is 34.9 Å². The van der Waals surface area contributed by atoms with Gasteiger partial charge in [0.25, 0.3) is 0 Å². The predicted molar refractivity (Wildman–Crippen MR) is 91.5 cm³/mol.